The molecule has 0 saturated heterocycles. The first kappa shape index (κ1) is 23.4. The Labute approximate surface area is 192 Å². The van der Waals surface area contributed by atoms with Gasteiger partial charge >= 0.3 is 11.9 Å². The highest BCUT2D eigenvalue weighted by Gasteiger charge is 2.42. The molecule has 3 rings (SSSR count). The molecule has 0 aliphatic carbocycles. The molecule has 0 saturated carbocycles. The van der Waals surface area contributed by atoms with Gasteiger partial charge in [0.15, 0.2) is 0 Å². The Morgan fingerprint density at radius 3 is 2.21 bits per heavy atom. The number of methoxy groups -OCH3 is 2. The van der Waals surface area contributed by atoms with E-state index in [4.69, 9.17) is 19.9 Å². The Bertz CT molecular complexity index is 1130. The quantitative estimate of drug-likeness (QED) is 0.643. The van der Waals surface area contributed by atoms with Crippen LogP contribution in [0.5, 0.6) is 5.75 Å². The number of esters is 2. The lowest BCUT2D eigenvalue weighted by Gasteiger charge is -2.35. The third-order valence-corrected chi connectivity index (χ3v) is 5.18. The molecule has 0 aromatic heterocycles. The molecule has 2 N–H and O–H groups in total. The molecule has 0 bridgehead atoms. The largest absolute Gasteiger partial charge is 0.494 e. The number of allylic oxidation sites excluding steroid dienone is 1. The molecule has 1 unspecified atom stereocenters. The van der Waals surface area contributed by atoms with Crippen LogP contribution in [0.1, 0.15) is 24.8 Å². The zero-order valence-electron chi connectivity index (χ0n) is 18.7. The third kappa shape index (κ3) is 4.53. The molecule has 1 atom stereocenters. The summed E-state index contributed by atoms with van der Waals surface area (Å²) >= 11 is 0. The van der Waals surface area contributed by atoms with Crippen LogP contribution in [-0.4, -0.2) is 32.8 Å². The fourth-order valence-electron chi connectivity index (χ4n) is 3.69. The number of nitrogens with two attached hydrogens (primary N) is 1. The van der Waals surface area contributed by atoms with Gasteiger partial charge in [0.1, 0.15) is 17.3 Å². The van der Waals surface area contributed by atoms with Crippen LogP contribution in [0, 0.1) is 11.3 Å². The summed E-state index contributed by atoms with van der Waals surface area (Å²) in [5.74, 6) is -1.80. The monoisotopic (exact) mass is 447 g/mol. The average Bonchev–Trinajstić information content (AvgIpc) is 2.86. The predicted octanol–water partition coefficient (Wildman–Crippen LogP) is 3.37. The number of ether oxygens (including phenoxy) is 3. The number of hydrogen-bond donors (Lipinski definition) is 1. The van der Waals surface area contributed by atoms with Crippen molar-refractivity contribution in [3.63, 3.8) is 0 Å². The first-order chi connectivity index (χ1) is 16.0. The van der Waals surface area contributed by atoms with Gasteiger partial charge in [-0.25, -0.2) is 9.59 Å². The normalized spacial score (nSPS) is 15.7. The molecule has 0 radical (unpaired) electrons. The molecule has 1 heterocycles. The maximum absolute atomic E-state index is 13.0. The summed E-state index contributed by atoms with van der Waals surface area (Å²) in [5, 5.41) is 10.0. The van der Waals surface area contributed by atoms with Gasteiger partial charge in [0, 0.05) is 5.69 Å². The minimum Gasteiger partial charge on any atom is -0.494 e. The minimum absolute atomic E-state index is 0.0154. The molecule has 33 heavy (non-hydrogen) atoms. The van der Waals surface area contributed by atoms with Crippen molar-refractivity contribution in [1.29, 1.82) is 5.26 Å². The van der Waals surface area contributed by atoms with Gasteiger partial charge in [-0.2, -0.15) is 5.26 Å². The van der Waals surface area contributed by atoms with Gasteiger partial charge in [-0.05, 0) is 36.2 Å². The first-order valence-corrected chi connectivity index (χ1v) is 10.4. The molecular weight excluding hydrogens is 422 g/mol. The Morgan fingerprint density at radius 1 is 1.03 bits per heavy atom. The summed E-state index contributed by atoms with van der Waals surface area (Å²) in [6.07, 6.45) is 0.855. The molecule has 0 spiro atoms. The van der Waals surface area contributed by atoms with Gasteiger partial charge in [-0.3, -0.25) is 4.90 Å². The Balaban J connectivity index is 2.28. The average molecular weight is 447 g/mol. The van der Waals surface area contributed by atoms with Gasteiger partial charge in [-0.1, -0.05) is 37.3 Å². The van der Waals surface area contributed by atoms with Crippen molar-refractivity contribution in [2.24, 2.45) is 5.73 Å². The number of anilines is 1. The second-order valence-corrected chi connectivity index (χ2v) is 7.18. The number of carbonyl (C=O) groups is 2. The van der Waals surface area contributed by atoms with Crippen LogP contribution in [0.3, 0.4) is 0 Å². The summed E-state index contributed by atoms with van der Waals surface area (Å²) in [4.78, 5) is 27.3. The standard InChI is InChI=1S/C25H25N3O5/c1-4-14-33-18-12-10-17(11-13-18)28-22(25(30)32-3)21(24(29)31-2)20(19(15-26)23(28)27)16-8-6-5-7-9-16/h5-13,20H,4,14,27H2,1-3H3. The topological polar surface area (TPSA) is 115 Å². The van der Waals surface area contributed by atoms with Crippen LogP contribution in [0.25, 0.3) is 0 Å². The zero-order chi connectivity index (χ0) is 24.0. The van der Waals surface area contributed by atoms with E-state index in [0.717, 1.165) is 6.42 Å². The van der Waals surface area contributed by atoms with E-state index < -0.39 is 17.9 Å². The van der Waals surface area contributed by atoms with E-state index in [9.17, 15) is 14.9 Å². The summed E-state index contributed by atoms with van der Waals surface area (Å²) in [5.41, 5.74) is 7.49. The van der Waals surface area contributed by atoms with Crippen molar-refractivity contribution in [2.45, 2.75) is 19.3 Å². The maximum atomic E-state index is 13.0. The molecule has 170 valence electrons. The van der Waals surface area contributed by atoms with Gasteiger partial charge in [0.25, 0.3) is 0 Å². The number of benzene rings is 2. The van der Waals surface area contributed by atoms with Gasteiger partial charge in [0.2, 0.25) is 0 Å². The third-order valence-electron chi connectivity index (χ3n) is 5.18. The Morgan fingerprint density at radius 2 is 1.67 bits per heavy atom. The predicted molar refractivity (Wildman–Crippen MR) is 122 cm³/mol. The number of hydrogen-bond acceptors (Lipinski definition) is 8. The van der Waals surface area contributed by atoms with E-state index in [-0.39, 0.29) is 22.7 Å². The second-order valence-electron chi connectivity index (χ2n) is 7.18. The van der Waals surface area contributed by atoms with Crippen molar-refractivity contribution in [3.8, 4) is 11.8 Å². The summed E-state index contributed by atoms with van der Waals surface area (Å²) in [6, 6.07) is 17.8. The van der Waals surface area contributed by atoms with Crippen LogP contribution in [0.2, 0.25) is 0 Å². The van der Waals surface area contributed by atoms with Crippen molar-refractivity contribution >= 4 is 17.6 Å². The molecular formula is C25H25N3O5. The lowest BCUT2D eigenvalue weighted by atomic mass is 9.81. The molecule has 8 nitrogen and oxygen atoms in total. The van der Waals surface area contributed by atoms with E-state index in [1.165, 1.54) is 19.1 Å². The Kier molecular flexibility index (Phi) is 7.36. The minimum atomic E-state index is -0.902. The van der Waals surface area contributed by atoms with E-state index in [1.54, 1.807) is 48.5 Å². The summed E-state index contributed by atoms with van der Waals surface area (Å²) in [7, 11) is 2.42. The second kappa shape index (κ2) is 10.4. The molecule has 1 aliphatic rings. The van der Waals surface area contributed by atoms with Crippen molar-refractivity contribution in [3.05, 3.63) is 82.8 Å². The molecule has 0 fully saturated rings. The summed E-state index contributed by atoms with van der Waals surface area (Å²) < 4.78 is 15.7. The highest BCUT2D eigenvalue weighted by atomic mass is 16.5. The molecule has 2 aromatic rings. The lowest BCUT2D eigenvalue weighted by molar-refractivity contribution is -0.139. The smallest absolute Gasteiger partial charge is 0.355 e. The van der Waals surface area contributed by atoms with E-state index in [1.807, 2.05) is 13.0 Å². The highest BCUT2D eigenvalue weighted by Crippen LogP contribution is 2.43. The highest BCUT2D eigenvalue weighted by molar-refractivity contribution is 6.06. The van der Waals surface area contributed by atoms with Crippen LogP contribution in [0.15, 0.2) is 77.3 Å². The van der Waals surface area contributed by atoms with Crippen molar-refractivity contribution < 1.29 is 23.8 Å². The van der Waals surface area contributed by atoms with E-state index >= 15 is 0 Å². The maximum Gasteiger partial charge on any atom is 0.355 e. The number of nitrogens with zero attached hydrogens (tertiary/aromatic N) is 2. The van der Waals surface area contributed by atoms with Gasteiger partial charge in [0.05, 0.1) is 44.0 Å². The number of nitriles is 1. The molecule has 2 aromatic carbocycles. The number of rotatable bonds is 7. The number of carbonyl (C=O) groups excluding carboxylic acids is 2. The van der Waals surface area contributed by atoms with Crippen LogP contribution in [-0.2, 0) is 19.1 Å². The molecule has 1 aliphatic heterocycles. The fourth-order valence-corrected chi connectivity index (χ4v) is 3.69. The van der Waals surface area contributed by atoms with Crippen LogP contribution < -0.4 is 15.4 Å². The Hall–Kier alpha value is -4.25. The molecule has 8 heteroatoms. The van der Waals surface area contributed by atoms with Crippen molar-refractivity contribution in [2.75, 3.05) is 25.7 Å². The molecule has 0 amide bonds. The van der Waals surface area contributed by atoms with Crippen molar-refractivity contribution in [1.82, 2.24) is 0 Å². The van der Waals surface area contributed by atoms with Crippen LogP contribution in [0.4, 0.5) is 5.69 Å². The fraction of sp³-hybridized carbons (Fsp3) is 0.240. The van der Waals surface area contributed by atoms with Gasteiger partial charge < -0.3 is 19.9 Å². The van der Waals surface area contributed by atoms with E-state index in [0.29, 0.717) is 23.6 Å². The first-order valence-electron chi connectivity index (χ1n) is 10.4. The lowest BCUT2D eigenvalue weighted by Crippen LogP contribution is -2.40. The van der Waals surface area contributed by atoms with E-state index in [2.05, 4.69) is 6.07 Å². The van der Waals surface area contributed by atoms with Gasteiger partial charge in [-0.15, -0.1) is 0 Å². The zero-order valence-corrected chi connectivity index (χ0v) is 18.7. The SMILES string of the molecule is CCCOc1ccc(N2C(N)=C(C#N)C(c3ccccc3)C(C(=O)OC)=C2C(=O)OC)cc1. The summed E-state index contributed by atoms with van der Waals surface area (Å²) in [6.45, 7) is 2.56. The van der Waals surface area contributed by atoms with Crippen LogP contribution >= 0.6 is 0 Å².